The molecule has 1 amide bonds. The minimum atomic E-state index is -1.06. The Bertz CT molecular complexity index is 1660. The number of aliphatic hydroxyl groups excluding tert-OH is 1. The van der Waals surface area contributed by atoms with Crippen LogP contribution in [0.3, 0.4) is 0 Å². The number of ketones is 1. The molecule has 0 spiro atoms. The fourth-order valence-electron chi connectivity index (χ4n) is 4.57. The number of para-hydroxylation sites is 1. The highest BCUT2D eigenvalue weighted by Crippen LogP contribution is 2.44. The lowest BCUT2D eigenvalue weighted by Crippen LogP contribution is -2.29. The number of ether oxygens (including phenoxy) is 3. The van der Waals surface area contributed by atoms with Crippen LogP contribution >= 0.6 is 11.3 Å². The summed E-state index contributed by atoms with van der Waals surface area (Å²) in [6, 6.07) is 21.7. The summed E-state index contributed by atoms with van der Waals surface area (Å²) in [6.07, 6.45) is 0.839. The van der Waals surface area contributed by atoms with Gasteiger partial charge in [0.25, 0.3) is 5.78 Å². The number of anilines is 1. The molecule has 42 heavy (non-hydrogen) atoms. The number of aliphatic hydroxyl groups is 1. The van der Waals surface area contributed by atoms with Crippen molar-refractivity contribution in [3.63, 3.8) is 0 Å². The molecular formula is C32H28N2O7S. The molecule has 1 aliphatic rings. The molecule has 0 bridgehead atoms. The van der Waals surface area contributed by atoms with Crippen molar-refractivity contribution in [3.8, 4) is 17.2 Å². The van der Waals surface area contributed by atoms with Crippen molar-refractivity contribution in [2.45, 2.75) is 26.3 Å². The van der Waals surface area contributed by atoms with E-state index in [1.807, 2.05) is 25.1 Å². The first-order valence-electron chi connectivity index (χ1n) is 13.2. The normalized spacial score (nSPS) is 16.0. The van der Waals surface area contributed by atoms with Crippen LogP contribution < -0.4 is 14.4 Å². The van der Waals surface area contributed by atoms with Crippen molar-refractivity contribution in [1.82, 2.24) is 4.98 Å². The molecule has 10 heteroatoms. The van der Waals surface area contributed by atoms with Gasteiger partial charge in [0.05, 0.1) is 31.0 Å². The number of esters is 1. The zero-order valence-corrected chi connectivity index (χ0v) is 24.0. The van der Waals surface area contributed by atoms with Crippen LogP contribution in [0.5, 0.6) is 17.2 Å². The molecule has 1 saturated heterocycles. The molecule has 5 rings (SSSR count). The molecule has 1 fully saturated rings. The Balaban J connectivity index is 1.63. The van der Waals surface area contributed by atoms with Crippen molar-refractivity contribution >= 4 is 39.9 Å². The van der Waals surface area contributed by atoms with Gasteiger partial charge in [0.1, 0.15) is 27.9 Å². The maximum atomic E-state index is 13.6. The molecule has 0 saturated carbocycles. The summed E-state index contributed by atoms with van der Waals surface area (Å²) in [6.45, 7) is 4.16. The molecule has 1 atom stereocenters. The SMILES string of the molecule is CCCOc1ccc(/C(O)=C2\C(=O)C(=O)N(c3nc(C)c(C(=O)OC)s3)C2c2cccc(Oc3ccccc3)c2)cc1. The number of rotatable bonds is 9. The van der Waals surface area contributed by atoms with E-state index in [0.717, 1.165) is 17.8 Å². The van der Waals surface area contributed by atoms with E-state index in [-0.39, 0.29) is 21.3 Å². The predicted molar refractivity (Wildman–Crippen MR) is 158 cm³/mol. The summed E-state index contributed by atoms with van der Waals surface area (Å²) >= 11 is 0.935. The molecule has 2 heterocycles. The molecular weight excluding hydrogens is 556 g/mol. The van der Waals surface area contributed by atoms with Crippen LogP contribution in [0, 0.1) is 6.92 Å². The van der Waals surface area contributed by atoms with Gasteiger partial charge in [0.2, 0.25) is 0 Å². The molecule has 4 aromatic rings. The Hall–Kier alpha value is -4.96. The van der Waals surface area contributed by atoms with Crippen LogP contribution in [0.4, 0.5) is 5.13 Å². The summed E-state index contributed by atoms with van der Waals surface area (Å²) in [5.74, 6) is -1.04. The Morgan fingerprint density at radius 3 is 2.38 bits per heavy atom. The first kappa shape index (κ1) is 28.6. The lowest BCUT2D eigenvalue weighted by atomic mass is 9.95. The fourth-order valence-corrected chi connectivity index (χ4v) is 5.58. The van der Waals surface area contributed by atoms with E-state index in [2.05, 4.69) is 4.98 Å². The van der Waals surface area contributed by atoms with Crippen molar-refractivity contribution in [2.24, 2.45) is 0 Å². The van der Waals surface area contributed by atoms with E-state index in [9.17, 15) is 19.5 Å². The second-order valence-corrected chi connectivity index (χ2v) is 10.4. The van der Waals surface area contributed by atoms with Crippen LogP contribution in [0.15, 0.2) is 84.4 Å². The standard InChI is InChI=1S/C32H28N2O7S/c1-4-17-40-22-15-13-20(14-16-22)27(35)25-26(21-9-8-12-24(18-21)41-23-10-6-5-7-11-23)34(30(37)28(25)36)32-33-19(2)29(42-32)31(38)39-3/h5-16,18,26,35H,4,17H2,1-3H3/b27-25+. The number of hydrogen-bond acceptors (Lipinski definition) is 9. The highest BCUT2D eigenvalue weighted by atomic mass is 32.1. The number of carbonyl (C=O) groups is 3. The number of aromatic nitrogens is 1. The van der Waals surface area contributed by atoms with Gasteiger partial charge in [-0.1, -0.05) is 48.6 Å². The van der Waals surface area contributed by atoms with Gasteiger partial charge in [0.15, 0.2) is 5.13 Å². The highest BCUT2D eigenvalue weighted by molar-refractivity contribution is 7.17. The van der Waals surface area contributed by atoms with Crippen molar-refractivity contribution in [1.29, 1.82) is 0 Å². The number of hydrogen-bond donors (Lipinski definition) is 1. The Morgan fingerprint density at radius 2 is 1.69 bits per heavy atom. The largest absolute Gasteiger partial charge is 0.507 e. The average molecular weight is 585 g/mol. The van der Waals surface area contributed by atoms with Crippen LogP contribution in [0.25, 0.3) is 5.76 Å². The lowest BCUT2D eigenvalue weighted by molar-refractivity contribution is -0.132. The molecule has 1 aromatic heterocycles. The molecule has 1 N–H and O–H groups in total. The van der Waals surface area contributed by atoms with E-state index in [4.69, 9.17) is 14.2 Å². The quantitative estimate of drug-likeness (QED) is 0.103. The third-order valence-corrected chi connectivity index (χ3v) is 7.70. The second kappa shape index (κ2) is 12.3. The minimum absolute atomic E-state index is 0.119. The summed E-state index contributed by atoms with van der Waals surface area (Å²) in [4.78, 5) is 45.3. The number of methoxy groups -OCH3 is 1. The highest BCUT2D eigenvalue weighted by Gasteiger charge is 2.48. The zero-order valence-electron chi connectivity index (χ0n) is 23.2. The molecule has 214 valence electrons. The predicted octanol–water partition coefficient (Wildman–Crippen LogP) is 6.45. The topological polar surface area (TPSA) is 115 Å². The van der Waals surface area contributed by atoms with E-state index in [0.29, 0.717) is 40.7 Å². The van der Waals surface area contributed by atoms with Crippen molar-refractivity contribution < 1.29 is 33.7 Å². The summed E-state index contributed by atoms with van der Waals surface area (Å²) in [5.41, 5.74) is 1.07. The number of aryl methyl sites for hydroxylation is 1. The van der Waals surface area contributed by atoms with Crippen molar-refractivity contribution in [2.75, 3.05) is 18.6 Å². The monoisotopic (exact) mass is 584 g/mol. The van der Waals surface area contributed by atoms with Crippen LogP contribution in [0.2, 0.25) is 0 Å². The van der Waals surface area contributed by atoms with Gasteiger partial charge < -0.3 is 19.3 Å². The average Bonchev–Trinajstić information content (AvgIpc) is 3.52. The third-order valence-electron chi connectivity index (χ3n) is 6.56. The zero-order chi connectivity index (χ0) is 29.8. The van der Waals surface area contributed by atoms with Gasteiger partial charge in [-0.3, -0.25) is 14.5 Å². The molecule has 0 radical (unpaired) electrons. The Kier molecular flexibility index (Phi) is 8.35. The maximum Gasteiger partial charge on any atom is 0.350 e. The van der Waals surface area contributed by atoms with Crippen LogP contribution in [-0.4, -0.2) is 41.5 Å². The fraction of sp³-hybridized carbons (Fsp3) is 0.188. The third kappa shape index (κ3) is 5.61. The Labute approximate surface area is 246 Å². The number of Topliss-reactive ketones (excluding diaryl/α,β-unsaturated/α-hetero) is 1. The van der Waals surface area contributed by atoms with E-state index >= 15 is 0 Å². The van der Waals surface area contributed by atoms with E-state index < -0.39 is 23.7 Å². The first-order valence-corrected chi connectivity index (χ1v) is 14.1. The second-order valence-electron chi connectivity index (χ2n) is 9.43. The molecule has 1 aliphatic heterocycles. The number of benzene rings is 3. The smallest absolute Gasteiger partial charge is 0.350 e. The number of thiazole rings is 1. The van der Waals surface area contributed by atoms with Gasteiger partial charge in [-0.2, -0.15) is 0 Å². The number of nitrogens with zero attached hydrogens (tertiary/aromatic N) is 2. The summed E-state index contributed by atoms with van der Waals surface area (Å²) < 4.78 is 16.5. The molecule has 1 unspecified atom stereocenters. The minimum Gasteiger partial charge on any atom is -0.507 e. The van der Waals surface area contributed by atoms with E-state index in [1.165, 1.54) is 12.0 Å². The van der Waals surface area contributed by atoms with Gasteiger partial charge in [-0.25, -0.2) is 9.78 Å². The molecule has 0 aliphatic carbocycles. The van der Waals surface area contributed by atoms with Crippen molar-refractivity contribution in [3.05, 3.63) is 106 Å². The van der Waals surface area contributed by atoms with Gasteiger partial charge in [-0.15, -0.1) is 0 Å². The molecule has 3 aromatic carbocycles. The molecule has 9 nitrogen and oxygen atoms in total. The van der Waals surface area contributed by atoms with Crippen LogP contribution in [0.1, 0.15) is 45.9 Å². The lowest BCUT2D eigenvalue weighted by Gasteiger charge is -2.23. The summed E-state index contributed by atoms with van der Waals surface area (Å²) in [7, 11) is 1.25. The van der Waals surface area contributed by atoms with Gasteiger partial charge >= 0.3 is 11.9 Å². The van der Waals surface area contributed by atoms with Gasteiger partial charge in [-0.05, 0) is 67.4 Å². The summed E-state index contributed by atoms with van der Waals surface area (Å²) in [5, 5.41) is 11.6. The van der Waals surface area contributed by atoms with Gasteiger partial charge in [0, 0.05) is 5.56 Å². The first-order chi connectivity index (χ1) is 20.3. The maximum absolute atomic E-state index is 13.6. The van der Waals surface area contributed by atoms with Crippen LogP contribution in [-0.2, 0) is 14.3 Å². The van der Waals surface area contributed by atoms with E-state index in [1.54, 1.807) is 67.6 Å². The number of carbonyl (C=O) groups excluding carboxylic acids is 3. The Morgan fingerprint density at radius 1 is 0.976 bits per heavy atom. The number of amides is 1.